The van der Waals surface area contributed by atoms with E-state index in [1.54, 1.807) is 13.8 Å². The first-order valence-electron chi connectivity index (χ1n) is 6.23. The molecule has 0 radical (unpaired) electrons. The summed E-state index contributed by atoms with van der Waals surface area (Å²) in [6, 6.07) is 3.87. The number of rotatable bonds is 6. The highest BCUT2D eigenvalue weighted by atomic mass is 19.1. The molecule has 0 aromatic heterocycles. The minimum Gasteiger partial charge on any atom is -0.496 e. The minimum absolute atomic E-state index is 0.0172. The maximum atomic E-state index is 13.9. The van der Waals surface area contributed by atoms with Crippen LogP contribution in [-0.4, -0.2) is 41.6 Å². The van der Waals surface area contributed by atoms with Gasteiger partial charge in [-0.2, -0.15) is 0 Å². The van der Waals surface area contributed by atoms with Crippen molar-refractivity contribution in [3.8, 4) is 5.75 Å². The number of carboxylic acids is 1. The van der Waals surface area contributed by atoms with Crippen LogP contribution in [0.3, 0.4) is 0 Å². The summed E-state index contributed by atoms with van der Waals surface area (Å²) in [7, 11) is 1.35. The Hall–Kier alpha value is -2.11. The molecule has 0 saturated heterocycles. The molecule has 0 aliphatic rings. The van der Waals surface area contributed by atoms with E-state index < -0.39 is 17.7 Å². The van der Waals surface area contributed by atoms with Crippen LogP contribution in [0.4, 0.5) is 4.39 Å². The first-order chi connectivity index (χ1) is 9.38. The van der Waals surface area contributed by atoms with Crippen LogP contribution >= 0.6 is 0 Å². The van der Waals surface area contributed by atoms with Gasteiger partial charge in [0.2, 0.25) is 0 Å². The summed E-state index contributed by atoms with van der Waals surface area (Å²) in [4.78, 5) is 24.4. The number of carboxylic acid groups (broad SMARTS) is 1. The largest absolute Gasteiger partial charge is 0.496 e. The normalized spacial score (nSPS) is 10.4. The number of halogens is 1. The Morgan fingerprint density at radius 1 is 1.40 bits per heavy atom. The third kappa shape index (κ3) is 3.69. The van der Waals surface area contributed by atoms with Crippen molar-refractivity contribution < 1.29 is 23.8 Å². The number of aliphatic carboxylic acids is 1. The smallest absolute Gasteiger partial charge is 0.305 e. The van der Waals surface area contributed by atoms with Gasteiger partial charge < -0.3 is 14.7 Å². The molecule has 5 nitrogen and oxygen atoms in total. The van der Waals surface area contributed by atoms with Gasteiger partial charge >= 0.3 is 5.97 Å². The third-order valence-corrected chi connectivity index (χ3v) is 2.86. The number of carbonyl (C=O) groups is 2. The summed E-state index contributed by atoms with van der Waals surface area (Å²) in [5.41, 5.74) is -0.172. The lowest BCUT2D eigenvalue weighted by atomic mass is 10.1. The highest BCUT2D eigenvalue weighted by Gasteiger charge is 2.25. The van der Waals surface area contributed by atoms with Gasteiger partial charge in [-0.3, -0.25) is 9.59 Å². The maximum Gasteiger partial charge on any atom is 0.305 e. The number of ether oxygens (including phenoxy) is 1. The maximum absolute atomic E-state index is 13.9. The van der Waals surface area contributed by atoms with Gasteiger partial charge in [0, 0.05) is 12.6 Å². The zero-order valence-electron chi connectivity index (χ0n) is 11.7. The first kappa shape index (κ1) is 15.9. The molecular formula is C14H18FNO4. The number of nitrogens with zero attached hydrogens (tertiary/aromatic N) is 1. The molecule has 0 aliphatic heterocycles. The van der Waals surface area contributed by atoms with Crippen LogP contribution in [0.5, 0.6) is 5.75 Å². The van der Waals surface area contributed by atoms with Gasteiger partial charge in [-0.15, -0.1) is 0 Å². The second-order valence-corrected chi connectivity index (χ2v) is 4.55. The summed E-state index contributed by atoms with van der Waals surface area (Å²) < 4.78 is 18.9. The molecule has 0 fully saturated rings. The lowest BCUT2D eigenvalue weighted by Gasteiger charge is -2.27. The predicted molar refractivity (Wildman–Crippen MR) is 71.4 cm³/mol. The van der Waals surface area contributed by atoms with Crippen LogP contribution in [0.25, 0.3) is 0 Å². The minimum atomic E-state index is -1.01. The SMILES string of the molecule is COc1cccc(F)c1C(=O)N(CCC(=O)O)C(C)C. The molecular weight excluding hydrogens is 265 g/mol. The standard InChI is InChI=1S/C14H18FNO4/c1-9(2)16(8-7-12(17)18)14(19)13-10(15)5-4-6-11(13)20-3/h4-6,9H,7-8H2,1-3H3,(H,17,18). The molecule has 1 N–H and O–H groups in total. The Balaban J connectivity index is 3.09. The van der Waals surface area contributed by atoms with Crippen molar-refractivity contribution in [1.29, 1.82) is 0 Å². The highest BCUT2D eigenvalue weighted by molar-refractivity contribution is 5.97. The van der Waals surface area contributed by atoms with Crippen molar-refractivity contribution in [1.82, 2.24) is 4.90 Å². The second-order valence-electron chi connectivity index (χ2n) is 4.55. The van der Waals surface area contributed by atoms with Gasteiger partial charge in [-0.05, 0) is 26.0 Å². The fourth-order valence-corrected chi connectivity index (χ4v) is 1.84. The van der Waals surface area contributed by atoms with E-state index in [9.17, 15) is 14.0 Å². The summed E-state index contributed by atoms with van der Waals surface area (Å²) in [6.45, 7) is 3.50. The Morgan fingerprint density at radius 3 is 2.55 bits per heavy atom. The average molecular weight is 283 g/mol. The first-order valence-corrected chi connectivity index (χ1v) is 6.23. The monoisotopic (exact) mass is 283 g/mol. The van der Waals surface area contributed by atoms with Crippen LogP contribution in [0.2, 0.25) is 0 Å². The molecule has 0 saturated carbocycles. The Morgan fingerprint density at radius 2 is 2.05 bits per heavy atom. The molecule has 1 rings (SSSR count). The number of benzene rings is 1. The summed E-state index contributed by atoms with van der Waals surface area (Å²) in [6.07, 6.45) is -0.194. The zero-order chi connectivity index (χ0) is 15.3. The van der Waals surface area contributed by atoms with Crippen LogP contribution in [0.15, 0.2) is 18.2 Å². The van der Waals surface area contributed by atoms with Gasteiger partial charge in [0.15, 0.2) is 0 Å². The van der Waals surface area contributed by atoms with Crippen LogP contribution in [-0.2, 0) is 4.79 Å². The highest BCUT2D eigenvalue weighted by Crippen LogP contribution is 2.23. The van der Waals surface area contributed by atoms with E-state index in [2.05, 4.69) is 0 Å². The van der Waals surface area contributed by atoms with Gasteiger partial charge in [0.1, 0.15) is 17.1 Å². The summed E-state index contributed by atoms with van der Waals surface area (Å²) >= 11 is 0. The van der Waals surface area contributed by atoms with E-state index in [1.807, 2.05) is 0 Å². The van der Waals surface area contributed by atoms with E-state index in [0.717, 1.165) is 0 Å². The topological polar surface area (TPSA) is 66.8 Å². The van der Waals surface area contributed by atoms with E-state index >= 15 is 0 Å². The van der Waals surface area contributed by atoms with Crippen LogP contribution in [0.1, 0.15) is 30.6 Å². The quantitative estimate of drug-likeness (QED) is 0.868. The fraction of sp³-hybridized carbons (Fsp3) is 0.429. The molecule has 0 aliphatic carbocycles. The van der Waals surface area contributed by atoms with Crippen molar-refractivity contribution >= 4 is 11.9 Å². The Labute approximate surface area is 117 Å². The lowest BCUT2D eigenvalue weighted by molar-refractivity contribution is -0.137. The van der Waals surface area contributed by atoms with Crippen molar-refractivity contribution in [2.24, 2.45) is 0 Å². The van der Waals surface area contributed by atoms with Gasteiger partial charge in [-0.25, -0.2) is 4.39 Å². The van der Waals surface area contributed by atoms with Gasteiger partial charge in [-0.1, -0.05) is 6.07 Å². The molecule has 1 aromatic rings. The van der Waals surface area contributed by atoms with Crippen molar-refractivity contribution in [3.63, 3.8) is 0 Å². The second kappa shape index (κ2) is 6.88. The molecule has 110 valence electrons. The molecule has 1 amide bonds. The number of hydrogen-bond acceptors (Lipinski definition) is 3. The summed E-state index contributed by atoms with van der Waals surface area (Å²) in [5, 5.41) is 8.72. The van der Waals surface area contributed by atoms with E-state index in [-0.39, 0.29) is 30.3 Å². The van der Waals surface area contributed by atoms with Gasteiger partial charge in [0.25, 0.3) is 5.91 Å². The third-order valence-electron chi connectivity index (χ3n) is 2.86. The lowest BCUT2D eigenvalue weighted by Crippen LogP contribution is -2.39. The molecule has 0 atom stereocenters. The molecule has 1 aromatic carbocycles. The zero-order valence-corrected chi connectivity index (χ0v) is 11.7. The Kier molecular flexibility index (Phi) is 5.49. The van der Waals surface area contributed by atoms with E-state index in [4.69, 9.17) is 9.84 Å². The Bertz CT molecular complexity index is 502. The number of hydrogen-bond donors (Lipinski definition) is 1. The molecule has 6 heteroatoms. The predicted octanol–water partition coefficient (Wildman–Crippen LogP) is 2.16. The number of amides is 1. The van der Waals surface area contributed by atoms with Crippen LogP contribution < -0.4 is 4.74 Å². The summed E-state index contributed by atoms with van der Waals surface area (Å²) in [5.74, 6) is -2.13. The van der Waals surface area contributed by atoms with Crippen molar-refractivity contribution in [2.45, 2.75) is 26.3 Å². The van der Waals surface area contributed by atoms with Crippen molar-refractivity contribution in [2.75, 3.05) is 13.7 Å². The number of methoxy groups -OCH3 is 1. The average Bonchev–Trinajstić information content (AvgIpc) is 2.37. The molecule has 0 bridgehead atoms. The number of carbonyl (C=O) groups excluding carboxylic acids is 1. The molecule has 0 unspecified atom stereocenters. The van der Waals surface area contributed by atoms with E-state index in [1.165, 1.54) is 30.2 Å². The van der Waals surface area contributed by atoms with Crippen LogP contribution in [0, 0.1) is 5.82 Å². The van der Waals surface area contributed by atoms with Gasteiger partial charge in [0.05, 0.1) is 13.5 Å². The molecule has 20 heavy (non-hydrogen) atoms. The molecule has 0 spiro atoms. The van der Waals surface area contributed by atoms with E-state index in [0.29, 0.717) is 0 Å². The fourth-order valence-electron chi connectivity index (χ4n) is 1.84. The van der Waals surface area contributed by atoms with Crippen molar-refractivity contribution in [3.05, 3.63) is 29.6 Å². The molecule has 0 heterocycles.